The Balaban J connectivity index is 1.65. The molecule has 0 saturated carbocycles. The Morgan fingerprint density at radius 3 is 2.95 bits per heavy atom. The summed E-state index contributed by atoms with van der Waals surface area (Å²) >= 11 is -0.861. The van der Waals surface area contributed by atoms with Crippen LogP contribution in [0.3, 0.4) is 0 Å². The molecule has 0 radical (unpaired) electrons. The number of nitrogens with zero attached hydrogens (tertiary/aromatic N) is 3. The number of aromatic nitrogens is 3. The third-order valence-corrected chi connectivity index (χ3v) is 5.23. The molecule has 7 nitrogen and oxygen atoms in total. The number of hydrogen-bond donors (Lipinski definition) is 2. The Labute approximate surface area is 131 Å². The van der Waals surface area contributed by atoms with E-state index in [1.807, 2.05) is 11.2 Å². The molecule has 0 aromatic carbocycles. The van der Waals surface area contributed by atoms with Crippen LogP contribution in [-0.2, 0) is 11.4 Å². The topological polar surface area (TPSA) is 97.0 Å². The summed E-state index contributed by atoms with van der Waals surface area (Å²) in [6.45, 7) is 3.55. The molecule has 2 aromatic heterocycles. The van der Waals surface area contributed by atoms with Crippen LogP contribution in [0.15, 0.2) is 23.1 Å². The Morgan fingerprint density at radius 1 is 1.45 bits per heavy atom. The van der Waals surface area contributed by atoms with Gasteiger partial charge in [0, 0.05) is 48.1 Å². The van der Waals surface area contributed by atoms with Crippen molar-refractivity contribution in [1.29, 1.82) is 0 Å². The molecule has 0 spiro atoms. The fourth-order valence-corrected chi connectivity index (χ4v) is 3.56. The average Bonchev–Trinajstić information content (AvgIpc) is 2.54. The van der Waals surface area contributed by atoms with E-state index in [-0.39, 0.29) is 11.6 Å². The molecule has 1 aliphatic heterocycles. The van der Waals surface area contributed by atoms with E-state index < -0.39 is 11.4 Å². The van der Waals surface area contributed by atoms with Gasteiger partial charge in [0.1, 0.15) is 11.4 Å². The smallest absolute Gasteiger partial charge is 0.249 e. The summed E-state index contributed by atoms with van der Waals surface area (Å²) in [5.41, 5.74) is 0.363. The van der Waals surface area contributed by atoms with Crippen molar-refractivity contribution < 1.29 is 4.55 Å². The maximum Gasteiger partial charge on any atom is 0.249 e. The molecule has 3 heterocycles. The van der Waals surface area contributed by atoms with Crippen molar-refractivity contribution in [2.24, 2.45) is 0 Å². The Kier molecular flexibility index (Phi) is 4.60. The van der Waals surface area contributed by atoms with Crippen molar-refractivity contribution in [3.8, 4) is 0 Å². The third-order valence-electron chi connectivity index (χ3n) is 3.80. The number of nitrogens with one attached hydrogen (secondary N) is 2. The van der Waals surface area contributed by atoms with E-state index in [0.717, 1.165) is 31.3 Å². The first-order valence-corrected chi connectivity index (χ1v) is 8.69. The molecule has 22 heavy (non-hydrogen) atoms. The van der Waals surface area contributed by atoms with Gasteiger partial charge in [-0.15, -0.1) is 4.31 Å². The van der Waals surface area contributed by atoms with Crippen molar-refractivity contribution in [1.82, 2.24) is 19.3 Å². The molecule has 1 unspecified atom stereocenters. The molecule has 1 atom stereocenters. The zero-order valence-electron chi connectivity index (χ0n) is 12.4. The molecular weight excluding hydrogens is 302 g/mol. The predicted octanol–water partition coefficient (Wildman–Crippen LogP) is 0.878. The second-order valence-electron chi connectivity index (χ2n) is 5.28. The number of hydrogen-bond acceptors (Lipinski definition) is 6. The van der Waals surface area contributed by atoms with E-state index in [0.29, 0.717) is 17.3 Å². The first-order valence-electron chi connectivity index (χ1n) is 7.42. The van der Waals surface area contributed by atoms with Gasteiger partial charge in [-0.25, -0.2) is 4.98 Å². The average molecular weight is 321 g/mol. The van der Waals surface area contributed by atoms with E-state index in [1.165, 1.54) is 6.07 Å². The lowest BCUT2D eigenvalue weighted by Crippen LogP contribution is -2.43. The minimum absolute atomic E-state index is 0.174. The lowest BCUT2D eigenvalue weighted by molar-refractivity contribution is 0.329. The molecule has 0 bridgehead atoms. The van der Waals surface area contributed by atoms with Crippen molar-refractivity contribution in [2.75, 3.05) is 24.2 Å². The van der Waals surface area contributed by atoms with Gasteiger partial charge in [-0.3, -0.25) is 4.79 Å². The van der Waals surface area contributed by atoms with E-state index >= 15 is 0 Å². The molecule has 0 aliphatic carbocycles. The lowest BCUT2D eigenvalue weighted by Gasteiger charge is -2.31. The lowest BCUT2D eigenvalue weighted by atomic mass is 10.1. The summed E-state index contributed by atoms with van der Waals surface area (Å²) < 4.78 is 13.8. The normalized spacial score (nSPS) is 18.5. The van der Waals surface area contributed by atoms with Crippen LogP contribution in [0.4, 0.5) is 5.95 Å². The van der Waals surface area contributed by atoms with Gasteiger partial charge in [0.25, 0.3) is 0 Å². The molecule has 118 valence electrons. The highest BCUT2D eigenvalue weighted by Gasteiger charge is 2.26. The molecule has 1 aliphatic rings. The Hall–Kier alpha value is -1.64. The maximum absolute atomic E-state index is 11.8. The molecule has 1 fully saturated rings. The first kappa shape index (κ1) is 15.3. The van der Waals surface area contributed by atoms with Gasteiger partial charge in [0.2, 0.25) is 11.5 Å². The van der Waals surface area contributed by atoms with E-state index in [9.17, 15) is 9.35 Å². The highest BCUT2D eigenvalue weighted by molar-refractivity contribution is 7.89. The summed E-state index contributed by atoms with van der Waals surface area (Å²) in [5, 5.41) is 4.10. The van der Waals surface area contributed by atoms with E-state index in [1.54, 1.807) is 12.3 Å². The van der Waals surface area contributed by atoms with Crippen molar-refractivity contribution in [3.63, 3.8) is 0 Å². The fourth-order valence-electron chi connectivity index (χ4n) is 2.58. The number of anilines is 1. The number of fused-ring (bicyclic) bond motifs is 1. The van der Waals surface area contributed by atoms with Crippen LogP contribution in [0.1, 0.15) is 19.8 Å². The second kappa shape index (κ2) is 6.64. The van der Waals surface area contributed by atoms with Crippen LogP contribution in [0.2, 0.25) is 0 Å². The monoisotopic (exact) mass is 321 g/mol. The van der Waals surface area contributed by atoms with Crippen LogP contribution in [0, 0.1) is 0 Å². The predicted molar refractivity (Wildman–Crippen MR) is 87.1 cm³/mol. The van der Waals surface area contributed by atoms with Crippen LogP contribution >= 0.6 is 0 Å². The van der Waals surface area contributed by atoms with Crippen molar-refractivity contribution >= 4 is 28.3 Å². The molecular formula is C14H19N5O2S. The summed E-state index contributed by atoms with van der Waals surface area (Å²) in [6, 6.07) is 3.43. The van der Waals surface area contributed by atoms with Crippen molar-refractivity contribution in [2.45, 2.75) is 25.8 Å². The molecule has 1 saturated heterocycles. The minimum atomic E-state index is -0.861. The zero-order chi connectivity index (χ0) is 15.5. The van der Waals surface area contributed by atoms with Gasteiger partial charge in [-0.1, -0.05) is 0 Å². The van der Waals surface area contributed by atoms with Gasteiger partial charge in [-0.2, -0.15) is 4.98 Å². The van der Waals surface area contributed by atoms with Gasteiger partial charge in [-0.05, 0) is 25.8 Å². The number of aromatic amines is 1. The van der Waals surface area contributed by atoms with Crippen molar-refractivity contribution in [3.05, 3.63) is 28.7 Å². The number of H-pyrrole nitrogens is 1. The molecule has 3 rings (SSSR count). The summed E-state index contributed by atoms with van der Waals surface area (Å²) in [5.74, 6) is 1.18. The third kappa shape index (κ3) is 3.40. The van der Waals surface area contributed by atoms with Gasteiger partial charge >= 0.3 is 0 Å². The molecule has 2 N–H and O–H groups in total. The molecule has 0 amide bonds. The first-order chi connectivity index (χ1) is 10.7. The molecule has 8 heteroatoms. The summed E-state index contributed by atoms with van der Waals surface area (Å²) in [4.78, 5) is 22.7. The maximum atomic E-state index is 11.8. The number of rotatable bonds is 4. The number of piperidine rings is 1. The van der Waals surface area contributed by atoms with E-state index in [4.69, 9.17) is 0 Å². The van der Waals surface area contributed by atoms with Gasteiger partial charge < -0.3 is 14.9 Å². The highest BCUT2D eigenvalue weighted by atomic mass is 32.2. The largest absolute Gasteiger partial charge is 0.598 e. The van der Waals surface area contributed by atoms with Crippen LogP contribution in [-0.4, -0.2) is 48.7 Å². The summed E-state index contributed by atoms with van der Waals surface area (Å²) in [7, 11) is 0. The Morgan fingerprint density at radius 2 is 2.23 bits per heavy atom. The van der Waals surface area contributed by atoms with Gasteiger partial charge in [0.05, 0.1) is 0 Å². The standard InChI is InChI=1S/C14H19N5O2S/c1-2-22(21)19-7-5-11(6-8-19)16-14-15-9-10-3-4-12(20)17-13(10)18-14/h3-4,9,11H,2,5-8H2,1H3,(H2,15,16,17,18,20). The van der Waals surface area contributed by atoms with Gasteiger partial charge in [0.15, 0.2) is 0 Å². The van der Waals surface area contributed by atoms with Crippen LogP contribution in [0.25, 0.3) is 11.0 Å². The fraction of sp³-hybridized carbons (Fsp3) is 0.500. The zero-order valence-corrected chi connectivity index (χ0v) is 13.2. The quantitative estimate of drug-likeness (QED) is 0.811. The highest BCUT2D eigenvalue weighted by Crippen LogP contribution is 2.17. The SMILES string of the molecule is CC[S+]([O-])N1CCC(Nc2ncc3ccc(=O)[nH]c3n2)CC1. The molecule has 2 aromatic rings. The minimum Gasteiger partial charge on any atom is -0.598 e. The second-order valence-corrected chi connectivity index (χ2v) is 7.01. The summed E-state index contributed by atoms with van der Waals surface area (Å²) in [6.07, 6.45) is 3.50. The van der Waals surface area contributed by atoms with E-state index in [2.05, 4.69) is 20.3 Å². The number of pyridine rings is 1. The Bertz CT molecular complexity index is 699. The van der Waals surface area contributed by atoms with Crippen LogP contribution < -0.4 is 10.9 Å². The van der Waals surface area contributed by atoms with Crippen LogP contribution in [0.5, 0.6) is 0 Å².